The second kappa shape index (κ2) is 7.01. The quantitative estimate of drug-likeness (QED) is 0.770. The number of benzene rings is 1. The van der Waals surface area contributed by atoms with Gasteiger partial charge < -0.3 is 10.4 Å². The molecule has 0 spiro atoms. The van der Waals surface area contributed by atoms with Crippen molar-refractivity contribution in [1.82, 2.24) is 5.32 Å². The Morgan fingerprint density at radius 1 is 1.38 bits per heavy atom. The van der Waals surface area contributed by atoms with E-state index in [9.17, 15) is 4.79 Å². The van der Waals surface area contributed by atoms with Crippen molar-refractivity contribution in [3.8, 4) is 0 Å². The standard InChI is InChI=1S/C13H19NO2/c1-2-11(8-9-15)10-14-13(16)12-6-4-3-5-7-12/h3-7,11,15H,2,8-10H2,1H3,(H,14,16). The van der Waals surface area contributed by atoms with Crippen LogP contribution in [-0.4, -0.2) is 24.2 Å². The van der Waals surface area contributed by atoms with Crippen molar-refractivity contribution in [2.75, 3.05) is 13.2 Å². The molecule has 3 heteroatoms. The fourth-order valence-electron chi connectivity index (χ4n) is 1.56. The molecule has 16 heavy (non-hydrogen) atoms. The monoisotopic (exact) mass is 221 g/mol. The van der Waals surface area contributed by atoms with E-state index < -0.39 is 0 Å². The topological polar surface area (TPSA) is 49.3 Å². The van der Waals surface area contributed by atoms with E-state index in [0.717, 1.165) is 12.8 Å². The van der Waals surface area contributed by atoms with Crippen LogP contribution in [0.3, 0.4) is 0 Å². The summed E-state index contributed by atoms with van der Waals surface area (Å²) in [4.78, 5) is 11.7. The van der Waals surface area contributed by atoms with Crippen molar-refractivity contribution in [2.24, 2.45) is 5.92 Å². The van der Waals surface area contributed by atoms with Crippen LogP contribution in [0.1, 0.15) is 30.1 Å². The summed E-state index contributed by atoms with van der Waals surface area (Å²) in [6.07, 6.45) is 1.71. The van der Waals surface area contributed by atoms with Crippen LogP contribution >= 0.6 is 0 Å². The smallest absolute Gasteiger partial charge is 0.251 e. The van der Waals surface area contributed by atoms with E-state index in [1.165, 1.54) is 0 Å². The van der Waals surface area contributed by atoms with Crippen LogP contribution in [0.2, 0.25) is 0 Å². The Labute approximate surface area is 96.5 Å². The second-order valence-electron chi connectivity index (χ2n) is 3.86. The first kappa shape index (κ1) is 12.7. The van der Waals surface area contributed by atoms with Gasteiger partial charge in [-0.1, -0.05) is 31.5 Å². The van der Waals surface area contributed by atoms with Crippen molar-refractivity contribution in [2.45, 2.75) is 19.8 Å². The van der Waals surface area contributed by atoms with Crippen LogP contribution in [0.4, 0.5) is 0 Å². The summed E-state index contributed by atoms with van der Waals surface area (Å²) in [5, 5.41) is 11.7. The molecule has 1 aromatic rings. The number of carbonyl (C=O) groups is 1. The molecule has 88 valence electrons. The Kier molecular flexibility index (Phi) is 5.57. The minimum atomic E-state index is -0.0445. The second-order valence-corrected chi connectivity index (χ2v) is 3.86. The molecular formula is C13H19NO2. The number of carbonyl (C=O) groups excluding carboxylic acids is 1. The number of rotatable bonds is 6. The molecule has 0 saturated carbocycles. The zero-order valence-electron chi connectivity index (χ0n) is 9.65. The first-order valence-corrected chi connectivity index (χ1v) is 5.72. The molecule has 0 aliphatic rings. The van der Waals surface area contributed by atoms with E-state index in [0.29, 0.717) is 18.0 Å². The van der Waals surface area contributed by atoms with Gasteiger partial charge >= 0.3 is 0 Å². The molecule has 2 N–H and O–H groups in total. The van der Waals surface area contributed by atoms with Gasteiger partial charge in [-0.3, -0.25) is 4.79 Å². The molecule has 1 atom stereocenters. The summed E-state index contributed by atoms with van der Waals surface area (Å²) in [6, 6.07) is 9.17. The maximum Gasteiger partial charge on any atom is 0.251 e. The van der Waals surface area contributed by atoms with Gasteiger partial charge in [0.25, 0.3) is 5.91 Å². The lowest BCUT2D eigenvalue weighted by Crippen LogP contribution is -2.29. The van der Waals surface area contributed by atoms with Crippen LogP contribution in [-0.2, 0) is 0 Å². The van der Waals surface area contributed by atoms with Crippen LogP contribution < -0.4 is 5.32 Å². The molecule has 1 rings (SSSR count). The zero-order chi connectivity index (χ0) is 11.8. The van der Waals surface area contributed by atoms with Crippen LogP contribution in [0.25, 0.3) is 0 Å². The zero-order valence-corrected chi connectivity index (χ0v) is 9.65. The summed E-state index contributed by atoms with van der Waals surface area (Å²) < 4.78 is 0. The van der Waals surface area contributed by atoms with Crippen molar-refractivity contribution in [1.29, 1.82) is 0 Å². The highest BCUT2D eigenvalue weighted by Gasteiger charge is 2.08. The summed E-state index contributed by atoms with van der Waals surface area (Å²) in [7, 11) is 0. The molecular weight excluding hydrogens is 202 g/mol. The van der Waals surface area contributed by atoms with Crippen LogP contribution in [0.15, 0.2) is 30.3 Å². The number of amides is 1. The molecule has 0 fully saturated rings. The van der Waals surface area contributed by atoms with Gasteiger partial charge in [0.2, 0.25) is 0 Å². The van der Waals surface area contributed by atoms with Gasteiger partial charge in [-0.25, -0.2) is 0 Å². The maximum absolute atomic E-state index is 11.7. The van der Waals surface area contributed by atoms with E-state index in [1.54, 1.807) is 12.1 Å². The largest absolute Gasteiger partial charge is 0.396 e. The molecule has 1 amide bonds. The highest BCUT2D eigenvalue weighted by atomic mass is 16.3. The summed E-state index contributed by atoms with van der Waals surface area (Å²) >= 11 is 0. The van der Waals surface area contributed by atoms with Crippen molar-refractivity contribution in [3.05, 3.63) is 35.9 Å². The lowest BCUT2D eigenvalue weighted by Gasteiger charge is -2.14. The van der Waals surface area contributed by atoms with Gasteiger partial charge in [0.15, 0.2) is 0 Å². The maximum atomic E-state index is 11.7. The molecule has 1 aromatic carbocycles. The molecule has 0 aliphatic heterocycles. The average Bonchev–Trinajstić information content (AvgIpc) is 2.35. The molecule has 0 aromatic heterocycles. The predicted molar refractivity (Wildman–Crippen MR) is 64.3 cm³/mol. The third-order valence-corrected chi connectivity index (χ3v) is 2.70. The van der Waals surface area contributed by atoms with E-state index in [-0.39, 0.29) is 12.5 Å². The van der Waals surface area contributed by atoms with Gasteiger partial charge in [-0.05, 0) is 24.5 Å². The lowest BCUT2D eigenvalue weighted by atomic mass is 10.0. The van der Waals surface area contributed by atoms with E-state index in [2.05, 4.69) is 12.2 Å². The third kappa shape index (κ3) is 4.03. The summed E-state index contributed by atoms with van der Waals surface area (Å²) in [6.45, 7) is 2.87. The Balaban J connectivity index is 2.40. The number of aliphatic hydroxyl groups is 1. The van der Waals surface area contributed by atoms with Gasteiger partial charge in [-0.15, -0.1) is 0 Å². The van der Waals surface area contributed by atoms with Gasteiger partial charge in [0, 0.05) is 18.7 Å². The van der Waals surface area contributed by atoms with Crippen molar-refractivity contribution in [3.63, 3.8) is 0 Å². The summed E-state index contributed by atoms with van der Waals surface area (Å²) in [5.74, 6) is 0.314. The molecule has 0 heterocycles. The minimum absolute atomic E-state index is 0.0445. The Hall–Kier alpha value is -1.35. The van der Waals surface area contributed by atoms with Gasteiger partial charge in [-0.2, -0.15) is 0 Å². The number of nitrogens with one attached hydrogen (secondary N) is 1. The Morgan fingerprint density at radius 3 is 2.62 bits per heavy atom. The van der Waals surface area contributed by atoms with Crippen LogP contribution in [0, 0.1) is 5.92 Å². The third-order valence-electron chi connectivity index (χ3n) is 2.70. The fourth-order valence-corrected chi connectivity index (χ4v) is 1.56. The van der Waals surface area contributed by atoms with Crippen LogP contribution in [0.5, 0.6) is 0 Å². The van der Waals surface area contributed by atoms with E-state index in [4.69, 9.17) is 5.11 Å². The molecule has 3 nitrogen and oxygen atoms in total. The number of hydrogen-bond donors (Lipinski definition) is 2. The van der Waals surface area contributed by atoms with Crippen molar-refractivity contribution >= 4 is 5.91 Å². The Morgan fingerprint density at radius 2 is 2.06 bits per heavy atom. The Bertz CT molecular complexity index is 311. The number of aliphatic hydroxyl groups excluding tert-OH is 1. The molecule has 1 unspecified atom stereocenters. The first-order chi connectivity index (χ1) is 7.77. The summed E-state index contributed by atoms with van der Waals surface area (Å²) in [5.41, 5.74) is 0.682. The van der Waals surface area contributed by atoms with Crippen molar-refractivity contribution < 1.29 is 9.90 Å². The minimum Gasteiger partial charge on any atom is -0.396 e. The predicted octanol–water partition coefficient (Wildman–Crippen LogP) is 1.82. The van der Waals surface area contributed by atoms with Gasteiger partial charge in [0.1, 0.15) is 0 Å². The van der Waals surface area contributed by atoms with E-state index >= 15 is 0 Å². The average molecular weight is 221 g/mol. The number of hydrogen-bond acceptors (Lipinski definition) is 2. The van der Waals surface area contributed by atoms with Gasteiger partial charge in [0.05, 0.1) is 0 Å². The SMILES string of the molecule is CCC(CCO)CNC(=O)c1ccccc1. The van der Waals surface area contributed by atoms with E-state index in [1.807, 2.05) is 18.2 Å². The first-order valence-electron chi connectivity index (χ1n) is 5.72. The highest BCUT2D eigenvalue weighted by molar-refractivity contribution is 5.94. The molecule has 0 bridgehead atoms. The highest BCUT2D eigenvalue weighted by Crippen LogP contribution is 2.06. The lowest BCUT2D eigenvalue weighted by molar-refractivity contribution is 0.0943. The fraction of sp³-hybridized carbons (Fsp3) is 0.462. The molecule has 0 radical (unpaired) electrons. The molecule has 0 aliphatic carbocycles. The normalized spacial score (nSPS) is 12.1. The molecule has 0 saturated heterocycles.